The molecule has 0 saturated carbocycles. The van der Waals surface area contributed by atoms with Crippen molar-refractivity contribution in [3.8, 4) is 0 Å². The van der Waals surface area contributed by atoms with E-state index in [1.54, 1.807) is 60.7 Å². The van der Waals surface area contributed by atoms with Gasteiger partial charge >= 0.3 is 11.9 Å². The largest absolute Gasteiger partial charge is 0.480 e. The zero-order chi connectivity index (χ0) is 32.6. The number of rotatable bonds is 8. The maximum Gasteiger partial charge on any atom is 0.326 e. The summed E-state index contributed by atoms with van der Waals surface area (Å²) in [5, 5.41) is 18.1. The Balaban J connectivity index is 0.000000240. The summed E-state index contributed by atoms with van der Waals surface area (Å²) in [4.78, 5) is 50.0. The van der Waals surface area contributed by atoms with Gasteiger partial charge in [0.1, 0.15) is 23.7 Å². The van der Waals surface area contributed by atoms with Gasteiger partial charge in [0.15, 0.2) is 0 Å². The van der Waals surface area contributed by atoms with Crippen LogP contribution in [0.5, 0.6) is 0 Å². The van der Waals surface area contributed by atoms with Crippen molar-refractivity contribution in [3.05, 3.63) is 130 Å². The van der Waals surface area contributed by atoms with Crippen molar-refractivity contribution in [2.45, 2.75) is 25.9 Å². The average Bonchev–Trinajstić information content (AvgIpc) is 3.01. The predicted octanol–water partition coefficient (Wildman–Crippen LogP) is 7.20. The summed E-state index contributed by atoms with van der Waals surface area (Å²) in [5.41, 5.74) is 1.09. The van der Waals surface area contributed by atoms with Gasteiger partial charge in [-0.25, -0.2) is 18.4 Å². The molecule has 4 aromatic carbocycles. The molecule has 0 bridgehead atoms. The van der Waals surface area contributed by atoms with Crippen molar-refractivity contribution in [1.29, 1.82) is 0 Å². The number of hydrogen-bond acceptors (Lipinski definition) is 4. The van der Waals surface area contributed by atoms with Gasteiger partial charge in [0, 0.05) is 22.5 Å². The summed E-state index contributed by atoms with van der Waals surface area (Å²) in [6, 6.07) is 21.5. The van der Waals surface area contributed by atoms with Crippen molar-refractivity contribution in [2.75, 3.05) is 9.80 Å². The maximum atomic E-state index is 13.3. The number of nitrogens with zero attached hydrogens (tertiary/aromatic N) is 2. The second-order valence-corrected chi connectivity index (χ2v) is 10.1. The minimum atomic E-state index is -1.18. The van der Waals surface area contributed by atoms with Gasteiger partial charge in [0.25, 0.3) is 11.8 Å². The fraction of sp³-hybridized carbons (Fsp3) is 0.125. The van der Waals surface area contributed by atoms with Crippen LogP contribution in [0, 0.1) is 11.6 Å². The number of carbonyl (C=O) groups excluding carboxylic acids is 2. The van der Waals surface area contributed by atoms with E-state index in [0.717, 1.165) is 21.9 Å². The summed E-state index contributed by atoms with van der Waals surface area (Å²) >= 11 is 11.5. The summed E-state index contributed by atoms with van der Waals surface area (Å²) in [5.74, 6) is -4.63. The highest BCUT2D eigenvalue weighted by molar-refractivity contribution is 6.31. The second-order valence-electron chi connectivity index (χ2n) is 9.31. The second kappa shape index (κ2) is 15.1. The molecule has 8 nitrogen and oxygen atoms in total. The number of aliphatic carboxylic acids is 2. The lowest BCUT2D eigenvalue weighted by molar-refractivity contribution is -0.139. The van der Waals surface area contributed by atoms with Gasteiger partial charge in [-0.05, 0) is 74.5 Å². The normalized spacial score (nSPS) is 11.8. The molecule has 0 heterocycles. The number of benzene rings is 4. The van der Waals surface area contributed by atoms with Crippen LogP contribution in [0.1, 0.15) is 34.6 Å². The molecule has 0 aliphatic heterocycles. The molecular formula is C32H26Cl2F2N2O6. The van der Waals surface area contributed by atoms with Crippen LogP contribution >= 0.6 is 23.2 Å². The van der Waals surface area contributed by atoms with Crippen molar-refractivity contribution in [3.63, 3.8) is 0 Å². The van der Waals surface area contributed by atoms with Gasteiger partial charge in [0.2, 0.25) is 0 Å². The number of carboxylic acid groups (broad SMARTS) is 2. The van der Waals surface area contributed by atoms with Crippen LogP contribution in [0.15, 0.2) is 97.1 Å². The molecule has 228 valence electrons. The number of hydrogen-bond donors (Lipinski definition) is 2. The molecule has 0 radical (unpaired) electrons. The number of amides is 2. The molecule has 4 aromatic rings. The first-order chi connectivity index (χ1) is 20.8. The Kier molecular flexibility index (Phi) is 11.6. The van der Waals surface area contributed by atoms with E-state index in [-0.39, 0.29) is 21.4 Å². The van der Waals surface area contributed by atoms with Gasteiger partial charge in [-0.1, -0.05) is 59.6 Å². The molecule has 0 spiro atoms. The summed E-state index contributed by atoms with van der Waals surface area (Å²) < 4.78 is 26.6. The van der Waals surface area contributed by atoms with E-state index < -0.39 is 47.5 Å². The van der Waals surface area contributed by atoms with E-state index >= 15 is 0 Å². The molecule has 44 heavy (non-hydrogen) atoms. The summed E-state index contributed by atoms with van der Waals surface area (Å²) in [6.07, 6.45) is 0. The zero-order valence-electron chi connectivity index (χ0n) is 23.3. The number of carboxylic acids is 2. The third-order valence-electron chi connectivity index (χ3n) is 6.33. The molecule has 2 atom stereocenters. The fourth-order valence-corrected chi connectivity index (χ4v) is 4.31. The molecule has 0 aliphatic rings. The van der Waals surface area contributed by atoms with Crippen LogP contribution < -0.4 is 9.80 Å². The number of anilines is 2. The van der Waals surface area contributed by atoms with Crippen molar-refractivity contribution in [2.24, 2.45) is 0 Å². The minimum absolute atomic E-state index is 0.180. The third-order valence-corrected chi connectivity index (χ3v) is 6.91. The highest BCUT2D eigenvalue weighted by atomic mass is 35.5. The van der Waals surface area contributed by atoms with Gasteiger partial charge < -0.3 is 10.2 Å². The van der Waals surface area contributed by atoms with Crippen LogP contribution in [0.25, 0.3) is 0 Å². The molecule has 2 amide bonds. The lowest BCUT2D eigenvalue weighted by Gasteiger charge is -2.27. The average molecular weight is 643 g/mol. The molecule has 0 aromatic heterocycles. The van der Waals surface area contributed by atoms with E-state index in [9.17, 15) is 38.2 Å². The third kappa shape index (κ3) is 8.18. The van der Waals surface area contributed by atoms with Crippen LogP contribution in [0.2, 0.25) is 10.0 Å². The summed E-state index contributed by atoms with van der Waals surface area (Å²) in [6.45, 7) is 2.75. The van der Waals surface area contributed by atoms with Gasteiger partial charge in [-0.15, -0.1) is 0 Å². The van der Waals surface area contributed by atoms with Crippen LogP contribution in [0.4, 0.5) is 20.2 Å². The first kappa shape index (κ1) is 33.7. The van der Waals surface area contributed by atoms with E-state index in [1.807, 2.05) is 0 Å². The maximum absolute atomic E-state index is 13.3. The first-order valence-electron chi connectivity index (χ1n) is 13.0. The number of halogens is 4. The molecule has 1 unspecified atom stereocenters. The topological polar surface area (TPSA) is 115 Å². The van der Waals surface area contributed by atoms with E-state index in [2.05, 4.69) is 0 Å². The van der Waals surface area contributed by atoms with E-state index in [4.69, 9.17) is 23.2 Å². The van der Waals surface area contributed by atoms with Crippen LogP contribution in [-0.2, 0) is 9.59 Å². The van der Waals surface area contributed by atoms with Crippen molar-refractivity contribution in [1.82, 2.24) is 0 Å². The van der Waals surface area contributed by atoms with Gasteiger partial charge in [-0.2, -0.15) is 0 Å². The molecule has 2 N–H and O–H groups in total. The van der Waals surface area contributed by atoms with E-state index in [1.165, 1.54) is 38.1 Å². The SMILES string of the molecule is CC(C(=O)O)N(C(=O)c1ccccc1)c1ccc(F)c(Cl)c1.C[C@H](C(=O)O)N(C(=O)c1ccccc1)c1ccc(F)c(Cl)c1. The Morgan fingerprint density at radius 3 is 1.18 bits per heavy atom. The van der Waals surface area contributed by atoms with Crippen molar-refractivity contribution < 1.29 is 38.2 Å². The molecule has 0 aliphatic carbocycles. The molecule has 4 rings (SSSR count). The fourth-order valence-electron chi connectivity index (χ4n) is 3.96. The van der Waals surface area contributed by atoms with Gasteiger partial charge in [-0.3, -0.25) is 19.4 Å². The molecule has 0 saturated heterocycles. The first-order valence-corrected chi connectivity index (χ1v) is 13.7. The zero-order valence-corrected chi connectivity index (χ0v) is 24.8. The predicted molar refractivity (Wildman–Crippen MR) is 164 cm³/mol. The van der Waals surface area contributed by atoms with Crippen LogP contribution in [0.3, 0.4) is 0 Å². The molecular weight excluding hydrogens is 617 g/mol. The Morgan fingerprint density at radius 1 is 0.591 bits per heavy atom. The lowest BCUT2D eigenvalue weighted by atomic mass is 10.1. The Hall–Kier alpha value is -4.80. The minimum Gasteiger partial charge on any atom is -0.480 e. The molecule has 12 heteroatoms. The highest BCUT2D eigenvalue weighted by Gasteiger charge is 2.29. The van der Waals surface area contributed by atoms with Crippen molar-refractivity contribution >= 4 is 58.3 Å². The monoisotopic (exact) mass is 642 g/mol. The van der Waals surface area contributed by atoms with Crippen LogP contribution in [-0.4, -0.2) is 46.0 Å². The van der Waals surface area contributed by atoms with E-state index in [0.29, 0.717) is 11.1 Å². The smallest absolute Gasteiger partial charge is 0.326 e. The highest BCUT2D eigenvalue weighted by Crippen LogP contribution is 2.27. The Morgan fingerprint density at radius 2 is 0.909 bits per heavy atom. The Bertz CT molecular complexity index is 1530. The standard InChI is InChI=1S/2C16H13ClFNO3/c2*1-10(16(21)22)19(12-7-8-14(18)13(17)9-12)15(20)11-5-3-2-4-6-11/h2*2-10H,1H3,(H,21,22)/t10-;/m1./s1. The summed E-state index contributed by atoms with van der Waals surface area (Å²) in [7, 11) is 0. The number of carbonyl (C=O) groups is 4. The molecule has 0 fully saturated rings. The van der Waals surface area contributed by atoms with Gasteiger partial charge in [0.05, 0.1) is 10.0 Å². The quantitative estimate of drug-likeness (QED) is 0.210. The lowest BCUT2D eigenvalue weighted by Crippen LogP contribution is -2.43. The Labute approximate surface area is 261 Å².